The third kappa shape index (κ3) is 1.19. The molecule has 0 radical (unpaired) electrons. The van der Waals surface area contributed by atoms with Crippen LogP contribution in [0, 0.1) is 0 Å². The second kappa shape index (κ2) is 2.90. The van der Waals surface area contributed by atoms with Crippen LogP contribution in [0.5, 0.6) is 0 Å². The molecule has 1 aliphatic rings. The van der Waals surface area contributed by atoms with Crippen LogP contribution in [-0.2, 0) is 0 Å². The van der Waals surface area contributed by atoms with Gasteiger partial charge in [-0.1, -0.05) is 0 Å². The van der Waals surface area contributed by atoms with Gasteiger partial charge in [0.05, 0.1) is 6.67 Å². The number of H-pyrrole nitrogens is 2. The van der Waals surface area contributed by atoms with E-state index >= 15 is 0 Å². The molecule has 1 aliphatic heterocycles. The van der Waals surface area contributed by atoms with Crippen LogP contribution in [0.3, 0.4) is 0 Å². The highest BCUT2D eigenvalue weighted by Crippen LogP contribution is 2.24. The Hall–Kier alpha value is -1.72. The molecule has 6 nitrogen and oxygen atoms in total. The fraction of sp³-hybridized carbons (Fsp3) is 0.500. The minimum Gasteiger partial charge on any atom is -0.352 e. The van der Waals surface area contributed by atoms with Gasteiger partial charge in [-0.05, 0) is 13.8 Å². The van der Waals surface area contributed by atoms with Gasteiger partial charge < -0.3 is 10.2 Å². The molecule has 6 heteroatoms. The predicted molar refractivity (Wildman–Crippen MR) is 53.8 cm³/mol. The first-order valence-electron chi connectivity index (χ1n) is 4.46. The van der Waals surface area contributed by atoms with Crippen LogP contribution in [0.25, 0.3) is 0 Å². The maximum atomic E-state index is 11.5. The first-order valence-corrected chi connectivity index (χ1v) is 4.46. The SMILES string of the molecule is CC(C)N1CNc2[nH]c(=O)[nH]c(=O)c21. The molecule has 3 N–H and O–H groups in total. The number of rotatable bonds is 1. The van der Waals surface area contributed by atoms with Crippen LogP contribution in [0.2, 0.25) is 0 Å². The first-order chi connectivity index (χ1) is 6.59. The molecule has 76 valence electrons. The van der Waals surface area contributed by atoms with Gasteiger partial charge in [0.15, 0.2) is 0 Å². The summed E-state index contributed by atoms with van der Waals surface area (Å²) in [5.41, 5.74) is -0.311. The third-order valence-corrected chi connectivity index (χ3v) is 2.25. The lowest BCUT2D eigenvalue weighted by atomic mass is 10.3. The molecule has 0 atom stereocenters. The van der Waals surface area contributed by atoms with Crippen molar-refractivity contribution in [2.75, 3.05) is 16.9 Å². The van der Waals surface area contributed by atoms with Crippen molar-refractivity contribution in [3.63, 3.8) is 0 Å². The minimum atomic E-state index is -0.480. The van der Waals surface area contributed by atoms with Crippen LogP contribution in [0.1, 0.15) is 13.8 Å². The number of hydrogen-bond donors (Lipinski definition) is 3. The average Bonchev–Trinajstić information content (AvgIpc) is 2.47. The number of nitrogens with zero attached hydrogens (tertiary/aromatic N) is 1. The highest BCUT2D eigenvalue weighted by molar-refractivity contribution is 5.69. The van der Waals surface area contributed by atoms with Gasteiger partial charge in [-0.2, -0.15) is 0 Å². The highest BCUT2D eigenvalue weighted by atomic mass is 16.2. The number of fused-ring (bicyclic) bond motifs is 1. The van der Waals surface area contributed by atoms with Gasteiger partial charge in [-0.15, -0.1) is 0 Å². The molecule has 1 aromatic rings. The Kier molecular flexibility index (Phi) is 1.83. The fourth-order valence-corrected chi connectivity index (χ4v) is 1.57. The second-order valence-electron chi connectivity index (χ2n) is 3.53. The van der Waals surface area contributed by atoms with Crippen molar-refractivity contribution in [3.05, 3.63) is 20.8 Å². The molecule has 0 saturated heterocycles. The van der Waals surface area contributed by atoms with Gasteiger partial charge in [-0.3, -0.25) is 14.8 Å². The molecule has 0 unspecified atom stereocenters. The summed E-state index contributed by atoms with van der Waals surface area (Å²) < 4.78 is 0. The maximum absolute atomic E-state index is 11.5. The number of aromatic amines is 2. The second-order valence-corrected chi connectivity index (χ2v) is 3.53. The minimum absolute atomic E-state index is 0.218. The molecular weight excluding hydrogens is 184 g/mol. The molecule has 0 spiro atoms. The van der Waals surface area contributed by atoms with Crippen LogP contribution in [-0.4, -0.2) is 22.7 Å². The highest BCUT2D eigenvalue weighted by Gasteiger charge is 2.24. The summed E-state index contributed by atoms with van der Waals surface area (Å²) in [6.45, 7) is 4.53. The van der Waals surface area contributed by atoms with Crippen molar-refractivity contribution >= 4 is 11.5 Å². The Bertz CT molecular complexity index is 459. The van der Waals surface area contributed by atoms with Crippen LogP contribution in [0.15, 0.2) is 9.59 Å². The van der Waals surface area contributed by atoms with Gasteiger partial charge in [0.2, 0.25) is 0 Å². The van der Waals surface area contributed by atoms with Crippen molar-refractivity contribution in [2.45, 2.75) is 19.9 Å². The normalized spacial score (nSPS) is 14.4. The van der Waals surface area contributed by atoms with Gasteiger partial charge in [-0.25, -0.2) is 4.79 Å². The van der Waals surface area contributed by atoms with Crippen molar-refractivity contribution in [1.82, 2.24) is 9.97 Å². The topological polar surface area (TPSA) is 81.0 Å². The van der Waals surface area contributed by atoms with Crippen molar-refractivity contribution in [3.8, 4) is 0 Å². The van der Waals surface area contributed by atoms with Crippen molar-refractivity contribution in [1.29, 1.82) is 0 Å². The Morgan fingerprint density at radius 3 is 2.64 bits per heavy atom. The van der Waals surface area contributed by atoms with Gasteiger partial charge in [0.1, 0.15) is 11.5 Å². The molecule has 14 heavy (non-hydrogen) atoms. The van der Waals surface area contributed by atoms with Crippen LogP contribution >= 0.6 is 0 Å². The molecule has 2 heterocycles. The summed E-state index contributed by atoms with van der Waals surface area (Å²) in [6, 6.07) is 0.218. The molecule has 0 saturated carbocycles. The number of nitrogens with one attached hydrogen (secondary N) is 3. The van der Waals surface area contributed by atoms with Crippen LogP contribution in [0.4, 0.5) is 11.5 Å². The Labute approximate surface area is 80.0 Å². The average molecular weight is 196 g/mol. The molecule has 0 fully saturated rings. The van der Waals surface area contributed by atoms with Gasteiger partial charge in [0, 0.05) is 6.04 Å². The van der Waals surface area contributed by atoms with E-state index in [0.717, 1.165) is 0 Å². The molecule has 0 bridgehead atoms. The summed E-state index contributed by atoms with van der Waals surface area (Å²) in [5.74, 6) is 0.507. The quantitative estimate of drug-likeness (QED) is 0.574. The lowest BCUT2D eigenvalue weighted by molar-refractivity contribution is 0.723. The smallest absolute Gasteiger partial charge is 0.327 e. The monoisotopic (exact) mass is 196 g/mol. The first kappa shape index (κ1) is 8.86. The Balaban J connectivity index is 2.61. The van der Waals surface area contributed by atoms with E-state index in [0.29, 0.717) is 18.2 Å². The Morgan fingerprint density at radius 1 is 1.29 bits per heavy atom. The van der Waals surface area contributed by atoms with E-state index in [4.69, 9.17) is 0 Å². The van der Waals surface area contributed by atoms with E-state index in [-0.39, 0.29) is 11.6 Å². The maximum Gasteiger partial charge on any atom is 0.327 e. The molecule has 0 aliphatic carbocycles. The lowest BCUT2D eigenvalue weighted by Crippen LogP contribution is -2.34. The summed E-state index contributed by atoms with van der Waals surface area (Å²) in [7, 11) is 0. The van der Waals surface area contributed by atoms with Gasteiger partial charge in [0.25, 0.3) is 5.56 Å². The number of aromatic nitrogens is 2. The van der Waals surface area contributed by atoms with E-state index in [1.165, 1.54) is 0 Å². The van der Waals surface area contributed by atoms with Gasteiger partial charge >= 0.3 is 5.69 Å². The van der Waals surface area contributed by atoms with Crippen molar-refractivity contribution < 1.29 is 0 Å². The zero-order valence-corrected chi connectivity index (χ0v) is 8.05. The summed E-state index contributed by atoms with van der Waals surface area (Å²) in [4.78, 5) is 29.1. The number of hydrogen-bond acceptors (Lipinski definition) is 4. The van der Waals surface area contributed by atoms with Crippen molar-refractivity contribution in [2.24, 2.45) is 0 Å². The van der Waals surface area contributed by atoms with E-state index in [1.54, 1.807) is 0 Å². The summed E-state index contributed by atoms with van der Waals surface area (Å²) in [5, 5.41) is 2.96. The molecule has 0 amide bonds. The molecule has 1 aromatic heterocycles. The van der Waals surface area contributed by atoms with E-state index in [9.17, 15) is 9.59 Å². The van der Waals surface area contributed by atoms with E-state index in [2.05, 4.69) is 15.3 Å². The standard InChI is InChI=1S/C8H12N4O2/c1-4(2)12-3-9-6-5(12)7(13)11-8(14)10-6/h4H,3H2,1-2H3,(H3,9,10,11,13,14). The molecular formula is C8H12N4O2. The van der Waals surface area contributed by atoms with Crippen LogP contribution < -0.4 is 21.5 Å². The molecule has 2 rings (SSSR count). The third-order valence-electron chi connectivity index (χ3n) is 2.25. The fourth-order valence-electron chi connectivity index (χ4n) is 1.57. The number of anilines is 2. The van der Waals surface area contributed by atoms with E-state index < -0.39 is 5.69 Å². The van der Waals surface area contributed by atoms with E-state index in [1.807, 2.05) is 18.7 Å². The lowest BCUT2D eigenvalue weighted by Gasteiger charge is -2.20. The Morgan fingerprint density at radius 2 is 2.00 bits per heavy atom. The summed E-state index contributed by atoms with van der Waals surface area (Å²) >= 11 is 0. The molecule has 0 aromatic carbocycles. The zero-order chi connectivity index (χ0) is 10.3. The largest absolute Gasteiger partial charge is 0.352 e. The summed E-state index contributed by atoms with van der Waals surface area (Å²) in [6.07, 6.45) is 0. The zero-order valence-electron chi connectivity index (χ0n) is 8.05. The predicted octanol–water partition coefficient (Wildman–Crippen LogP) is -0.339.